The lowest BCUT2D eigenvalue weighted by atomic mass is 9.99. The monoisotopic (exact) mass is 371 g/mol. The Morgan fingerprint density at radius 2 is 2.06 bits per heavy atom. The van der Waals surface area contributed by atoms with Crippen LogP contribution in [0.4, 0.5) is 0 Å². The molecule has 4 heteroatoms. The van der Waals surface area contributed by atoms with Crippen molar-refractivity contribution in [3.63, 3.8) is 0 Å². The van der Waals surface area contributed by atoms with Crippen LogP contribution in [-0.4, -0.2) is 6.54 Å². The molecule has 0 saturated heterocycles. The van der Waals surface area contributed by atoms with E-state index >= 15 is 0 Å². The van der Waals surface area contributed by atoms with Crippen molar-refractivity contribution in [2.24, 2.45) is 0 Å². The van der Waals surface area contributed by atoms with Crippen molar-refractivity contribution in [1.82, 2.24) is 5.32 Å². The van der Waals surface area contributed by atoms with Gasteiger partial charge in [0, 0.05) is 4.47 Å². The lowest BCUT2D eigenvalue weighted by molar-refractivity contribution is 0.449. The van der Waals surface area contributed by atoms with Gasteiger partial charge < -0.3 is 9.73 Å². The van der Waals surface area contributed by atoms with Gasteiger partial charge in [-0.3, -0.25) is 0 Å². The van der Waals surface area contributed by atoms with Crippen LogP contribution in [-0.2, 0) is 0 Å². The molecule has 1 aromatic heterocycles. The van der Waals surface area contributed by atoms with Gasteiger partial charge in [0.05, 0.1) is 16.8 Å². The summed E-state index contributed by atoms with van der Waals surface area (Å²) in [5.41, 5.74) is 2.47. The molecule has 1 aromatic carbocycles. The highest BCUT2D eigenvalue weighted by Crippen LogP contribution is 2.32. The number of aryl methyl sites for hydroxylation is 1. The molecule has 1 atom stereocenters. The van der Waals surface area contributed by atoms with Gasteiger partial charge in [0.15, 0.2) is 0 Å². The molecular weight excluding hydrogens is 358 g/mol. The average Bonchev–Trinajstić information content (AvgIpc) is 2.76. The van der Waals surface area contributed by atoms with E-state index in [-0.39, 0.29) is 6.04 Å². The predicted molar refractivity (Wildman–Crippen MR) is 80.8 cm³/mol. The van der Waals surface area contributed by atoms with E-state index in [4.69, 9.17) is 4.42 Å². The van der Waals surface area contributed by atoms with Crippen molar-refractivity contribution in [3.05, 3.63) is 56.4 Å². The van der Waals surface area contributed by atoms with Crippen molar-refractivity contribution in [1.29, 1.82) is 0 Å². The van der Waals surface area contributed by atoms with Gasteiger partial charge in [0.2, 0.25) is 0 Å². The summed E-state index contributed by atoms with van der Waals surface area (Å²) in [6.07, 6.45) is 1.71. The van der Waals surface area contributed by atoms with Crippen LogP contribution in [0.5, 0.6) is 0 Å². The van der Waals surface area contributed by atoms with E-state index in [1.165, 1.54) is 11.1 Å². The molecule has 2 rings (SSSR count). The fraction of sp³-hybridized carbons (Fsp3) is 0.286. The summed E-state index contributed by atoms with van der Waals surface area (Å²) in [6, 6.07) is 8.29. The molecule has 1 N–H and O–H groups in total. The first-order valence-electron chi connectivity index (χ1n) is 5.85. The first-order chi connectivity index (χ1) is 8.63. The molecule has 2 aromatic rings. The second kappa shape index (κ2) is 6.04. The number of hydrogen-bond donors (Lipinski definition) is 1. The molecule has 0 aliphatic rings. The number of nitrogens with one attached hydrogen (secondary N) is 1. The van der Waals surface area contributed by atoms with Crippen LogP contribution in [0.25, 0.3) is 0 Å². The predicted octanol–water partition coefficient (Wildman–Crippen LogP) is 4.81. The third-order valence-electron chi connectivity index (χ3n) is 2.87. The third kappa shape index (κ3) is 2.87. The molecule has 0 bridgehead atoms. The van der Waals surface area contributed by atoms with Crippen LogP contribution >= 0.6 is 31.9 Å². The Hall–Kier alpha value is -0.580. The van der Waals surface area contributed by atoms with Gasteiger partial charge in [0.25, 0.3) is 0 Å². The van der Waals surface area contributed by atoms with Gasteiger partial charge in [-0.05, 0) is 58.7 Å². The summed E-state index contributed by atoms with van der Waals surface area (Å²) in [7, 11) is 0. The Morgan fingerprint density at radius 3 is 2.67 bits per heavy atom. The van der Waals surface area contributed by atoms with Crippen LogP contribution in [0.15, 0.2) is 43.9 Å². The van der Waals surface area contributed by atoms with Crippen LogP contribution in [0.3, 0.4) is 0 Å². The van der Waals surface area contributed by atoms with Crippen molar-refractivity contribution < 1.29 is 4.42 Å². The second-order valence-electron chi connectivity index (χ2n) is 4.12. The van der Waals surface area contributed by atoms with Crippen LogP contribution < -0.4 is 5.32 Å². The first kappa shape index (κ1) is 13.8. The Bertz CT molecular complexity index is 536. The van der Waals surface area contributed by atoms with E-state index in [0.29, 0.717) is 0 Å². The van der Waals surface area contributed by atoms with E-state index in [9.17, 15) is 0 Å². The minimum absolute atomic E-state index is 0.0666. The molecule has 0 radical (unpaired) electrons. The SMILES string of the molecule is CCNC(c1cc(Br)ccc1C)c1occc1Br. The molecule has 2 nitrogen and oxygen atoms in total. The first-order valence-corrected chi connectivity index (χ1v) is 7.44. The summed E-state index contributed by atoms with van der Waals surface area (Å²) >= 11 is 7.06. The zero-order valence-electron chi connectivity index (χ0n) is 10.3. The summed E-state index contributed by atoms with van der Waals surface area (Å²) in [4.78, 5) is 0. The molecular formula is C14H15Br2NO. The maximum absolute atomic E-state index is 5.60. The summed E-state index contributed by atoms with van der Waals surface area (Å²) in [5, 5.41) is 3.47. The molecule has 0 fully saturated rings. The van der Waals surface area contributed by atoms with Crippen molar-refractivity contribution in [3.8, 4) is 0 Å². The minimum atomic E-state index is 0.0666. The third-order valence-corrected chi connectivity index (χ3v) is 4.02. The average molecular weight is 373 g/mol. The van der Waals surface area contributed by atoms with Crippen LogP contribution in [0.1, 0.15) is 29.9 Å². The molecule has 0 amide bonds. The highest BCUT2D eigenvalue weighted by molar-refractivity contribution is 9.10. The number of halogens is 2. The summed E-state index contributed by atoms with van der Waals surface area (Å²) < 4.78 is 7.67. The minimum Gasteiger partial charge on any atom is -0.466 e. The zero-order valence-corrected chi connectivity index (χ0v) is 13.5. The lowest BCUT2D eigenvalue weighted by Crippen LogP contribution is -2.22. The molecule has 1 heterocycles. The fourth-order valence-electron chi connectivity index (χ4n) is 1.98. The molecule has 18 heavy (non-hydrogen) atoms. The maximum atomic E-state index is 5.60. The van der Waals surface area contributed by atoms with Crippen molar-refractivity contribution in [2.45, 2.75) is 19.9 Å². The van der Waals surface area contributed by atoms with Crippen LogP contribution in [0.2, 0.25) is 0 Å². The quantitative estimate of drug-likeness (QED) is 0.832. The summed E-state index contributed by atoms with van der Waals surface area (Å²) in [6.45, 7) is 5.09. The number of furan rings is 1. The Kier molecular flexibility index (Phi) is 4.65. The van der Waals surface area contributed by atoms with Crippen LogP contribution in [0, 0.1) is 6.92 Å². The topological polar surface area (TPSA) is 25.2 Å². The van der Waals surface area contributed by atoms with E-state index in [1.807, 2.05) is 6.07 Å². The van der Waals surface area contributed by atoms with Gasteiger partial charge in [-0.15, -0.1) is 0 Å². The van der Waals surface area contributed by atoms with Gasteiger partial charge in [-0.1, -0.05) is 28.9 Å². The van der Waals surface area contributed by atoms with Gasteiger partial charge in [0.1, 0.15) is 5.76 Å². The largest absolute Gasteiger partial charge is 0.466 e. The molecule has 0 aliphatic carbocycles. The van der Waals surface area contributed by atoms with Crippen molar-refractivity contribution in [2.75, 3.05) is 6.54 Å². The van der Waals surface area contributed by atoms with Crippen molar-refractivity contribution >= 4 is 31.9 Å². The highest BCUT2D eigenvalue weighted by Gasteiger charge is 2.20. The van der Waals surface area contributed by atoms with Gasteiger partial charge in [-0.2, -0.15) is 0 Å². The second-order valence-corrected chi connectivity index (χ2v) is 5.89. The molecule has 0 aliphatic heterocycles. The lowest BCUT2D eigenvalue weighted by Gasteiger charge is -2.19. The molecule has 1 unspecified atom stereocenters. The highest BCUT2D eigenvalue weighted by atomic mass is 79.9. The van der Waals surface area contributed by atoms with E-state index in [1.54, 1.807) is 6.26 Å². The number of rotatable bonds is 4. The van der Waals surface area contributed by atoms with E-state index in [2.05, 4.69) is 69.2 Å². The Labute approximate surface area is 124 Å². The van der Waals surface area contributed by atoms with E-state index in [0.717, 1.165) is 21.3 Å². The van der Waals surface area contributed by atoms with E-state index < -0.39 is 0 Å². The normalized spacial score (nSPS) is 12.7. The fourth-order valence-corrected chi connectivity index (χ4v) is 2.79. The standard InChI is InChI=1S/C14H15Br2NO/c1-3-17-13(14-12(16)6-7-18-14)11-8-10(15)5-4-9(11)2/h4-8,13,17H,3H2,1-2H3. The molecule has 96 valence electrons. The molecule has 0 saturated carbocycles. The Balaban J connectivity index is 2.48. The summed E-state index contributed by atoms with van der Waals surface area (Å²) in [5.74, 6) is 0.915. The maximum Gasteiger partial charge on any atom is 0.139 e. The van der Waals surface area contributed by atoms with Gasteiger partial charge in [-0.25, -0.2) is 0 Å². The van der Waals surface area contributed by atoms with Gasteiger partial charge >= 0.3 is 0 Å². The zero-order chi connectivity index (χ0) is 13.1. The Morgan fingerprint density at radius 1 is 1.28 bits per heavy atom. The number of benzene rings is 1. The smallest absolute Gasteiger partial charge is 0.139 e. The number of hydrogen-bond acceptors (Lipinski definition) is 2. The molecule has 0 spiro atoms.